The molecule has 0 spiro atoms. The fraction of sp³-hybridized carbons (Fsp3) is 0.350. The molecule has 3 aromatic rings. The molecule has 140 valence electrons. The van der Waals surface area contributed by atoms with Crippen molar-refractivity contribution in [2.45, 2.75) is 25.9 Å². The summed E-state index contributed by atoms with van der Waals surface area (Å²) in [5.74, 6) is 1.03. The number of imidazole rings is 1. The fourth-order valence-electron chi connectivity index (χ4n) is 3.68. The number of aryl methyl sites for hydroxylation is 1. The topological polar surface area (TPSA) is 54.3 Å². The van der Waals surface area contributed by atoms with E-state index in [1.165, 1.54) is 11.1 Å². The van der Waals surface area contributed by atoms with E-state index in [1.807, 2.05) is 30.3 Å². The second kappa shape index (κ2) is 7.15. The van der Waals surface area contributed by atoms with Crippen LogP contribution < -0.4 is 0 Å². The highest BCUT2D eigenvalue weighted by Crippen LogP contribution is 2.33. The second-order valence-electron chi connectivity index (χ2n) is 7.08. The van der Waals surface area contributed by atoms with E-state index in [0.29, 0.717) is 19.6 Å². The van der Waals surface area contributed by atoms with Crippen LogP contribution in [0.1, 0.15) is 33.6 Å². The summed E-state index contributed by atoms with van der Waals surface area (Å²) in [6.07, 6.45) is 3.84. The monoisotopic (exact) mass is 381 g/mol. The average molecular weight is 382 g/mol. The molecule has 1 aliphatic rings. The van der Waals surface area contributed by atoms with Crippen molar-refractivity contribution in [2.24, 2.45) is 0 Å². The molecular weight excluding hydrogens is 358 g/mol. The first kappa shape index (κ1) is 17.7. The summed E-state index contributed by atoms with van der Waals surface area (Å²) in [5.41, 5.74) is 3.48. The van der Waals surface area contributed by atoms with Gasteiger partial charge in [-0.15, -0.1) is 11.3 Å². The van der Waals surface area contributed by atoms with Crippen molar-refractivity contribution in [3.05, 3.63) is 69.7 Å². The molecule has 0 saturated carbocycles. The first-order valence-corrected chi connectivity index (χ1v) is 9.87. The lowest BCUT2D eigenvalue weighted by molar-refractivity contribution is 0.161. The van der Waals surface area contributed by atoms with Crippen molar-refractivity contribution in [1.29, 1.82) is 0 Å². The van der Waals surface area contributed by atoms with Crippen molar-refractivity contribution >= 4 is 17.4 Å². The number of carbonyl (C=O) groups is 1. The maximum atomic E-state index is 12.6. The summed E-state index contributed by atoms with van der Waals surface area (Å²) >= 11 is 1.66. The van der Waals surface area contributed by atoms with E-state index in [1.54, 1.807) is 30.3 Å². The van der Waals surface area contributed by atoms with Gasteiger partial charge in [0.05, 0.1) is 23.2 Å². The lowest BCUT2D eigenvalue weighted by Gasteiger charge is -2.36. The zero-order valence-electron chi connectivity index (χ0n) is 15.8. The average Bonchev–Trinajstić information content (AvgIpc) is 3.29. The standard InChI is InChI=1S/C20H23N5OS/c1-14-22-16(13-27-14)11-24-9-8-21-19(24)18-12-25(20(26)23(2)3)10-15-6-4-5-7-17(15)18/h4-9,13,18H,10-12H2,1-3H3. The van der Waals surface area contributed by atoms with E-state index in [2.05, 4.69) is 38.1 Å². The number of hydrogen-bond acceptors (Lipinski definition) is 4. The number of amides is 2. The third-order valence-electron chi connectivity index (χ3n) is 4.91. The molecule has 6 nitrogen and oxygen atoms in total. The number of nitrogens with zero attached hydrogens (tertiary/aromatic N) is 5. The number of thiazole rings is 1. The van der Waals surface area contributed by atoms with Gasteiger partial charge in [-0.2, -0.15) is 0 Å². The maximum absolute atomic E-state index is 12.6. The Morgan fingerprint density at radius 1 is 1.33 bits per heavy atom. The van der Waals surface area contributed by atoms with Crippen molar-refractivity contribution in [2.75, 3.05) is 20.6 Å². The van der Waals surface area contributed by atoms with Gasteiger partial charge in [0.15, 0.2) is 0 Å². The van der Waals surface area contributed by atoms with Crippen LogP contribution in [0.3, 0.4) is 0 Å². The lowest BCUT2D eigenvalue weighted by Crippen LogP contribution is -2.44. The third-order valence-corrected chi connectivity index (χ3v) is 5.73. The van der Waals surface area contributed by atoms with Crippen LogP contribution in [0, 0.1) is 6.92 Å². The van der Waals surface area contributed by atoms with Gasteiger partial charge in [-0.1, -0.05) is 24.3 Å². The molecule has 0 saturated heterocycles. The molecule has 0 fully saturated rings. The van der Waals surface area contributed by atoms with Gasteiger partial charge < -0.3 is 14.4 Å². The summed E-state index contributed by atoms with van der Waals surface area (Å²) in [6.45, 7) is 3.97. The molecule has 1 unspecified atom stereocenters. The predicted octanol–water partition coefficient (Wildman–Crippen LogP) is 3.33. The molecule has 0 N–H and O–H groups in total. The Bertz CT molecular complexity index is 961. The van der Waals surface area contributed by atoms with Crippen LogP contribution in [0.2, 0.25) is 0 Å². The van der Waals surface area contributed by atoms with Gasteiger partial charge >= 0.3 is 6.03 Å². The van der Waals surface area contributed by atoms with Crippen LogP contribution in [-0.2, 0) is 13.1 Å². The van der Waals surface area contributed by atoms with Gasteiger partial charge in [0.2, 0.25) is 0 Å². The summed E-state index contributed by atoms with van der Waals surface area (Å²) in [7, 11) is 3.59. The summed E-state index contributed by atoms with van der Waals surface area (Å²) < 4.78 is 2.15. The largest absolute Gasteiger partial charge is 0.331 e. The highest BCUT2D eigenvalue weighted by atomic mass is 32.1. The molecule has 1 atom stereocenters. The van der Waals surface area contributed by atoms with Crippen molar-refractivity contribution < 1.29 is 4.79 Å². The van der Waals surface area contributed by atoms with Gasteiger partial charge in [-0.3, -0.25) is 0 Å². The third kappa shape index (κ3) is 3.47. The molecule has 0 bridgehead atoms. The summed E-state index contributed by atoms with van der Waals surface area (Å²) in [5, 5.41) is 3.16. The first-order chi connectivity index (χ1) is 13.0. The van der Waals surface area contributed by atoms with Crippen LogP contribution in [-0.4, -0.2) is 51.0 Å². The molecule has 7 heteroatoms. The molecular formula is C20H23N5OS. The van der Waals surface area contributed by atoms with Crippen molar-refractivity contribution in [3.63, 3.8) is 0 Å². The Labute approximate surface area is 163 Å². The smallest absolute Gasteiger partial charge is 0.319 e. The molecule has 1 aromatic carbocycles. The van der Waals surface area contributed by atoms with Crippen molar-refractivity contribution in [1.82, 2.24) is 24.3 Å². The van der Waals surface area contributed by atoms with E-state index >= 15 is 0 Å². The van der Waals surface area contributed by atoms with Crippen LogP contribution in [0.25, 0.3) is 0 Å². The van der Waals surface area contributed by atoms with Crippen LogP contribution >= 0.6 is 11.3 Å². The number of hydrogen-bond donors (Lipinski definition) is 0. The molecule has 0 aliphatic carbocycles. The molecule has 2 amide bonds. The van der Waals surface area contributed by atoms with Gasteiger partial charge in [0.25, 0.3) is 0 Å². The molecule has 2 aromatic heterocycles. The predicted molar refractivity (Wildman–Crippen MR) is 106 cm³/mol. The Hall–Kier alpha value is -2.67. The van der Waals surface area contributed by atoms with E-state index < -0.39 is 0 Å². The first-order valence-electron chi connectivity index (χ1n) is 8.99. The van der Waals surface area contributed by atoms with E-state index in [-0.39, 0.29) is 11.9 Å². The highest BCUT2D eigenvalue weighted by molar-refractivity contribution is 7.09. The van der Waals surface area contributed by atoms with Crippen LogP contribution in [0.5, 0.6) is 0 Å². The van der Waals surface area contributed by atoms with E-state index in [9.17, 15) is 4.79 Å². The Balaban J connectivity index is 1.70. The molecule has 3 heterocycles. The Kier molecular flexibility index (Phi) is 4.70. The molecule has 1 aliphatic heterocycles. The minimum Gasteiger partial charge on any atom is -0.331 e. The molecule has 0 radical (unpaired) electrons. The minimum atomic E-state index is 0.0303. The number of rotatable bonds is 3. The number of urea groups is 1. The number of carbonyl (C=O) groups excluding carboxylic acids is 1. The van der Waals surface area contributed by atoms with E-state index in [4.69, 9.17) is 0 Å². The fourth-order valence-corrected chi connectivity index (χ4v) is 4.28. The zero-order valence-corrected chi connectivity index (χ0v) is 16.6. The lowest BCUT2D eigenvalue weighted by atomic mass is 9.89. The molecule has 4 rings (SSSR count). The Morgan fingerprint density at radius 3 is 2.89 bits per heavy atom. The SMILES string of the molecule is Cc1nc(Cn2ccnc2C2CN(C(=O)N(C)C)Cc3ccccc32)cs1. The van der Waals surface area contributed by atoms with Crippen LogP contribution in [0.15, 0.2) is 42.0 Å². The molecule has 27 heavy (non-hydrogen) atoms. The van der Waals surface area contributed by atoms with Gasteiger partial charge in [0.1, 0.15) is 5.82 Å². The van der Waals surface area contributed by atoms with Gasteiger partial charge in [-0.25, -0.2) is 14.8 Å². The minimum absolute atomic E-state index is 0.0303. The Morgan fingerprint density at radius 2 is 2.15 bits per heavy atom. The number of fused-ring (bicyclic) bond motifs is 1. The highest BCUT2D eigenvalue weighted by Gasteiger charge is 2.32. The number of benzene rings is 1. The second-order valence-corrected chi connectivity index (χ2v) is 8.14. The quantitative estimate of drug-likeness (QED) is 0.699. The van der Waals surface area contributed by atoms with Crippen molar-refractivity contribution in [3.8, 4) is 0 Å². The number of aromatic nitrogens is 3. The van der Waals surface area contributed by atoms with E-state index in [0.717, 1.165) is 16.5 Å². The summed E-state index contributed by atoms with van der Waals surface area (Å²) in [6, 6.07) is 8.39. The van der Waals surface area contributed by atoms with Crippen LogP contribution in [0.4, 0.5) is 4.79 Å². The van der Waals surface area contributed by atoms with Gasteiger partial charge in [-0.05, 0) is 18.1 Å². The summed E-state index contributed by atoms with van der Waals surface area (Å²) in [4.78, 5) is 25.4. The zero-order chi connectivity index (χ0) is 19.0. The normalized spacial score (nSPS) is 16.3. The maximum Gasteiger partial charge on any atom is 0.319 e. The van der Waals surface area contributed by atoms with Gasteiger partial charge in [0, 0.05) is 45.0 Å².